The number of anilines is 1. The normalized spacial score (nSPS) is 11.3. The van der Waals surface area contributed by atoms with Gasteiger partial charge in [0.05, 0.1) is 0 Å². The van der Waals surface area contributed by atoms with E-state index in [-0.39, 0.29) is 4.90 Å². The van der Waals surface area contributed by atoms with E-state index in [1.165, 1.54) is 18.2 Å². The Morgan fingerprint density at radius 2 is 1.92 bits per heavy atom. The lowest BCUT2D eigenvalue weighted by molar-refractivity contribution is 0.552. The van der Waals surface area contributed by atoms with E-state index in [0.717, 1.165) is 0 Å². The minimum absolute atomic E-state index is 0.307. The number of rotatable bonds is 2. The molecule has 0 N–H and O–H groups in total. The van der Waals surface area contributed by atoms with E-state index >= 15 is 0 Å². The van der Waals surface area contributed by atoms with Crippen molar-refractivity contribution in [3.8, 4) is 0 Å². The zero-order chi connectivity index (χ0) is 10.1. The van der Waals surface area contributed by atoms with Crippen molar-refractivity contribution >= 4 is 15.9 Å². The van der Waals surface area contributed by atoms with Gasteiger partial charge in [-0.3, -0.25) is 0 Å². The van der Waals surface area contributed by atoms with Crippen LogP contribution in [-0.4, -0.2) is 22.5 Å². The molecule has 0 aromatic heterocycles. The van der Waals surface area contributed by atoms with Crippen LogP contribution >= 0.6 is 0 Å². The first-order chi connectivity index (χ1) is 5.91. The van der Waals surface area contributed by atoms with Crippen molar-refractivity contribution in [1.82, 2.24) is 0 Å². The largest absolute Gasteiger partial charge is 0.378 e. The van der Waals surface area contributed by atoms with E-state index in [2.05, 4.69) is 0 Å². The van der Waals surface area contributed by atoms with Crippen molar-refractivity contribution in [2.45, 2.75) is 4.90 Å². The molecule has 0 radical (unpaired) electrons. The Balaban J connectivity index is 3.21. The maximum absolute atomic E-state index is 12.5. The van der Waals surface area contributed by atoms with E-state index in [1.54, 1.807) is 25.1 Å². The Bertz CT molecular complexity index is 400. The summed E-state index contributed by atoms with van der Waals surface area (Å²) in [7, 11) is -1.08. The van der Waals surface area contributed by atoms with Crippen molar-refractivity contribution < 1.29 is 12.3 Å². The van der Waals surface area contributed by atoms with E-state index in [4.69, 9.17) is 0 Å². The van der Waals surface area contributed by atoms with Gasteiger partial charge in [-0.25, -0.2) is 0 Å². The second-order valence-electron chi connectivity index (χ2n) is 2.83. The first-order valence-electron chi connectivity index (χ1n) is 3.63. The highest BCUT2D eigenvalue weighted by Gasteiger charge is 2.11. The van der Waals surface area contributed by atoms with Gasteiger partial charge >= 0.3 is 10.2 Å². The lowest BCUT2D eigenvalue weighted by Gasteiger charge is -2.12. The number of hydrogen-bond acceptors (Lipinski definition) is 3. The molecular formula is C8H10FNO2S. The molecule has 3 nitrogen and oxygen atoms in total. The van der Waals surface area contributed by atoms with E-state index < -0.39 is 10.2 Å². The molecule has 1 aromatic carbocycles. The Hall–Kier alpha value is -1.10. The molecule has 0 amide bonds. The Morgan fingerprint density at radius 1 is 1.31 bits per heavy atom. The highest BCUT2D eigenvalue weighted by Crippen LogP contribution is 2.18. The predicted molar refractivity (Wildman–Crippen MR) is 49.1 cm³/mol. The van der Waals surface area contributed by atoms with Gasteiger partial charge in [0, 0.05) is 19.8 Å². The van der Waals surface area contributed by atoms with E-state index in [1.807, 2.05) is 0 Å². The maximum atomic E-state index is 12.5. The van der Waals surface area contributed by atoms with Gasteiger partial charge in [0.15, 0.2) is 0 Å². The molecule has 0 aliphatic heterocycles. The van der Waals surface area contributed by atoms with Crippen molar-refractivity contribution in [2.75, 3.05) is 19.0 Å². The minimum Gasteiger partial charge on any atom is -0.378 e. The molecule has 0 aliphatic carbocycles. The summed E-state index contributed by atoms with van der Waals surface area (Å²) in [4.78, 5) is 1.40. The van der Waals surface area contributed by atoms with Crippen molar-refractivity contribution in [1.29, 1.82) is 0 Å². The first-order valence-corrected chi connectivity index (χ1v) is 5.01. The summed E-state index contributed by atoms with van der Waals surface area (Å²) < 4.78 is 33.6. The standard InChI is InChI=1S/C8H10FNO2S/c1-10(2)7-4-3-5-8(6-7)13(9,11)12/h3-6H,1-2H3. The van der Waals surface area contributed by atoms with Crippen LogP contribution in [0.5, 0.6) is 0 Å². The quantitative estimate of drug-likeness (QED) is 0.682. The highest BCUT2D eigenvalue weighted by atomic mass is 32.3. The van der Waals surface area contributed by atoms with Gasteiger partial charge in [0.2, 0.25) is 0 Å². The second kappa shape index (κ2) is 3.33. The number of benzene rings is 1. The van der Waals surface area contributed by atoms with Gasteiger partial charge in [-0.2, -0.15) is 8.42 Å². The van der Waals surface area contributed by atoms with Crippen LogP contribution in [0.1, 0.15) is 0 Å². The lowest BCUT2D eigenvalue weighted by atomic mass is 10.3. The van der Waals surface area contributed by atoms with Gasteiger partial charge < -0.3 is 4.90 Å². The molecule has 0 spiro atoms. The average molecular weight is 203 g/mol. The third-order valence-corrected chi connectivity index (χ3v) is 2.43. The molecule has 1 aromatic rings. The summed E-state index contributed by atoms with van der Waals surface area (Å²) in [6.45, 7) is 0. The van der Waals surface area contributed by atoms with Gasteiger partial charge in [0.1, 0.15) is 4.90 Å². The van der Waals surface area contributed by atoms with Crippen LogP contribution in [0.2, 0.25) is 0 Å². The van der Waals surface area contributed by atoms with Crippen LogP contribution < -0.4 is 4.90 Å². The van der Waals surface area contributed by atoms with Gasteiger partial charge in [-0.15, -0.1) is 3.89 Å². The predicted octanol–water partition coefficient (Wildman–Crippen LogP) is 1.41. The minimum atomic E-state index is -4.59. The molecule has 0 saturated carbocycles. The Labute approximate surface area is 77.0 Å². The number of halogens is 1. The van der Waals surface area contributed by atoms with Crippen LogP contribution in [0.15, 0.2) is 29.2 Å². The third kappa shape index (κ3) is 2.42. The molecule has 13 heavy (non-hydrogen) atoms. The molecule has 0 saturated heterocycles. The topological polar surface area (TPSA) is 37.4 Å². The molecule has 5 heteroatoms. The Kier molecular flexibility index (Phi) is 2.56. The zero-order valence-corrected chi connectivity index (χ0v) is 8.18. The van der Waals surface area contributed by atoms with Gasteiger partial charge in [0.25, 0.3) is 0 Å². The molecule has 0 aliphatic rings. The lowest BCUT2D eigenvalue weighted by Crippen LogP contribution is -2.08. The fourth-order valence-corrected chi connectivity index (χ4v) is 1.42. The number of nitrogens with zero attached hydrogens (tertiary/aromatic N) is 1. The van der Waals surface area contributed by atoms with Crippen molar-refractivity contribution in [3.05, 3.63) is 24.3 Å². The van der Waals surface area contributed by atoms with Crippen LogP contribution in [0, 0.1) is 0 Å². The van der Waals surface area contributed by atoms with Crippen LogP contribution in [-0.2, 0) is 10.2 Å². The fourth-order valence-electron chi connectivity index (χ4n) is 0.913. The van der Waals surface area contributed by atoms with E-state index in [9.17, 15) is 12.3 Å². The summed E-state index contributed by atoms with van der Waals surface area (Å²) in [5, 5.41) is 0. The molecule has 0 heterocycles. The van der Waals surface area contributed by atoms with Crippen molar-refractivity contribution in [2.24, 2.45) is 0 Å². The molecule has 1 rings (SSSR count). The smallest absolute Gasteiger partial charge is 0.332 e. The molecule has 72 valence electrons. The summed E-state index contributed by atoms with van der Waals surface area (Å²) >= 11 is 0. The summed E-state index contributed by atoms with van der Waals surface area (Å²) in [5.41, 5.74) is 0.652. The summed E-state index contributed by atoms with van der Waals surface area (Å²) in [5.74, 6) is 0. The van der Waals surface area contributed by atoms with Gasteiger partial charge in [-0.1, -0.05) is 6.07 Å². The molecular weight excluding hydrogens is 193 g/mol. The average Bonchev–Trinajstić information content (AvgIpc) is 2.03. The molecule has 0 bridgehead atoms. The monoisotopic (exact) mass is 203 g/mol. The SMILES string of the molecule is CN(C)c1cccc(S(=O)(=O)F)c1. The molecule has 0 fully saturated rings. The van der Waals surface area contributed by atoms with Gasteiger partial charge in [-0.05, 0) is 18.2 Å². The number of hydrogen-bond donors (Lipinski definition) is 0. The highest BCUT2D eigenvalue weighted by molar-refractivity contribution is 7.86. The second-order valence-corrected chi connectivity index (χ2v) is 4.18. The van der Waals surface area contributed by atoms with Crippen LogP contribution in [0.25, 0.3) is 0 Å². The third-order valence-electron chi connectivity index (χ3n) is 1.62. The fraction of sp³-hybridized carbons (Fsp3) is 0.250. The van der Waals surface area contributed by atoms with Crippen LogP contribution in [0.4, 0.5) is 9.57 Å². The van der Waals surface area contributed by atoms with E-state index in [0.29, 0.717) is 5.69 Å². The zero-order valence-electron chi connectivity index (χ0n) is 7.36. The first kappa shape index (κ1) is 9.98. The molecule has 0 atom stereocenters. The maximum Gasteiger partial charge on any atom is 0.332 e. The molecule has 0 unspecified atom stereocenters. The Morgan fingerprint density at radius 3 is 2.38 bits per heavy atom. The van der Waals surface area contributed by atoms with Crippen molar-refractivity contribution in [3.63, 3.8) is 0 Å². The summed E-state index contributed by atoms with van der Waals surface area (Å²) in [6, 6.07) is 5.72. The summed E-state index contributed by atoms with van der Waals surface area (Å²) in [6.07, 6.45) is 0. The van der Waals surface area contributed by atoms with Crippen LogP contribution in [0.3, 0.4) is 0 Å².